The third kappa shape index (κ3) is 46.2. The van der Waals surface area contributed by atoms with Crippen LogP contribution in [0.2, 0.25) is 0 Å². The molecule has 15 heteroatoms. The number of aliphatic carboxylic acids is 6. The summed E-state index contributed by atoms with van der Waals surface area (Å²) in [5.41, 5.74) is 0. The molecule has 0 aliphatic rings. The smallest absolute Gasteiger partial charge is 0.543 e. The van der Waals surface area contributed by atoms with Crippen LogP contribution in [-0.4, -0.2) is 41.3 Å². The van der Waals surface area contributed by atoms with E-state index in [1.54, 1.807) is 0 Å². The van der Waals surface area contributed by atoms with Gasteiger partial charge in [-0.05, 0) is 0 Å². The van der Waals surface area contributed by atoms with E-state index in [4.69, 9.17) is 59.4 Å². The van der Waals surface area contributed by atoms with Crippen LogP contribution in [0.15, 0.2) is 0 Å². The zero-order valence-electron chi connectivity index (χ0n) is 9.11. The Hall–Kier alpha value is -2.18. The Morgan fingerprint density at radius 3 is 0.429 bits per heavy atom. The van der Waals surface area contributed by atoms with Crippen molar-refractivity contribution in [3.63, 3.8) is 0 Å². The van der Waals surface area contributed by atoms with Crippen LogP contribution in [0.1, 0.15) is 0 Å². The van der Waals surface area contributed by atoms with Crippen molar-refractivity contribution in [2.45, 2.75) is 0 Å². The molecule has 0 saturated carbocycles. The van der Waals surface area contributed by atoms with Gasteiger partial charge in [0.2, 0.25) is 0 Å². The molecule has 2 radical (unpaired) electrons. The van der Waals surface area contributed by atoms with Gasteiger partial charge in [-0.2, -0.15) is 0 Å². The quantitative estimate of drug-likeness (QED) is 0.273. The molecule has 13 nitrogen and oxygen atoms in total. The zero-order chi connectivity index (χ0) is 15.5. The van der Waals surface area contributed by atoms with Gasteiger partial charge in [-0.1, -0.05) is 0 Å². The predicted octanol–water partition coefficient (Wildman–Crippen LogP) is -11.4. The molecular formula is C6H2Fe2O13. The fraction of sp³-hybridized carbons (Fsp3) is 0. The Bertz CT molecular complexity index is 282. The van der Waals surface area contributed by atoms with Gasteiger partial charge in [0, 0.05) is 0 Å². The Morgan fingerprint density at radius 1 is 0.381 bits per heavy atom. The van der Waals surface area contributed by atoms with E-state index < -0.39 is 35.8 Å². The summed E-state index contributed by atoms with van der Waals surface area (Å²) in [5.74, 6) is -13.1. The maximum Gasteiger partial charge on any atom is 3.00 e. The Labute approximate surface area is 135 Å². The first-order chi connectivity index (χ1) is 7.93. The first-order valence-electron chi connectivity index (χ1n) is 3.20. The van der Waals surface area contributed by atoms with Crippen LogP contribution in [0.3, 0.4) is 0 Å². The molecule has 0 aromatic heterocycles. The SMILES string of the molecule is O.O=C([O-])C(=O)[O-].O=C([O-])C(=O)[O-].O=C([O-])C(=O)[O-].[Fe+3].[Fe+3]. The van der Waals surface area contributed by atoms with E-state index in [0.29, 0.717) is 0 Å². The molecule has 0 heterocycles. The summed E-state index contributed by atoms with van der Waals surface area (Å²) in [6.07, 6.45) is 0. The molecule has 0 saturated heterocycles. The normalized spacial score (nSPS) is 6.29. The van der Waals surface area contributed by atoms with Gasteiger partial charge in [-0.25, -0.2) is 0 Å². The molecule has 0 aliphatic heterocycles. The minimum atomic E-state index is -2.19. The third-order valence-corrected chi connectivity index (χ3v) is 0.500. The predicted molar refractivity (Wildman–Crippen MR) is 33.7 cm³/mol. The topological polar surface area (TPSA) is 272 Å². The van der Waals surface area contributed by atoms with E-state index in [1.807, 2.05) is 0 Å². The minimum absolute atomic E-state index is 0. The number of carboxylic acid groups (broad SMARTS) is 6. The van der Waals surface area contributed by atoms with Crippen molar-refractivity contribution in [1.82, 2.24) is 0 Å². The van der Waals surface area contributed by atoms with Crippen molar-refractivity contribution >= 4 is 35.8 Å². The molecule has 0 aromatic carbocycles. The minimum Gasteiger partial charge on any atom is -0.543 e. The van der Waals surface area contributed by atoms with E-state index in [2.05, 4.69) is 0 Å². The van der Waals surface area contributed by atoms with Crippen LogP contribution in [-0.2, 0) is 62.9 Å². The van der Waals surface area contributed by atoms with E-state index in [9.17, 15) is 0 Å². The fourth-order valence-corrected chi connectivity index (χ4v) is 0. The Balaban J connectivity index is -0.0000000375. The summed E-state index contributed by atoms with van der Waals surface area (Å²) < 4.78 is 0. The summed E-state index contributed by atoms with van der Waals surface area (Å²) in [6, 6.07) is 0. The van der Waals surface area contributed by atoms with Crippen LogP contribution in [0.5, 0.6) is 0 Å². The molecule has 120 valence electrons. The van der Waals surface area contributed by atoms with Crippen molar-refractivity contribution in [1.29, 1.82) is 0 Å². The molecular weight excluding hydrogens is 392 g/mol. The van der Waals surface area contributed by atoms with Crippen molar-refractivity contribution in [2.75, 3.05) is 0 Å². The van der Waals surface area contributed by atoms with Crippen molar-refractivity contribution in [2.24, 2.45) is 0 Å². The molecule has 0 atom stereocenters. The van der Waals surface area contributed by atoms with E-state index >= 15 is 0 Å². The molecule has 0 rings (SSSR count). The fourth-order valence-electron chi connectivity index (χ4n) is 0. The molecule has 0 fully saturated rings. The average Bonchev–Trinajstić information content (AvgIpc) is 2.18. The second-order valence-electron chi connectivity index (χ2n) is 1.72. The molecule has 0 amide bonds. The van der Waals surface area contributed by atoms with Gasteiger partial charge < -0.3 is 64.9 Å². The molecule has 0 aliphatic carbocycles. The second-order valence-corrected chi connectivity index (χ2v) is 1.72. The van der Waals surface area contributed by atoms with Crippen LogP contribution in [0, 0.1) is 0 Å². The van der Waals surface area contributed by atoms with Gasteiger partial charge >= 0.3 is 34.1 Å². The van der Waals surface area contributed by atoms with Crippen molar-refractivity contribution < 1.29 is 99.0 Å². The monoisotopic (exact) mass is 394 g/mol. The third-order valence-electron chi connectivity index (χ3n) is 0.500. The van der Waals surface area contributed by atoms with Crippen molar-refractivity contribution in [3.05, 3.63) is 0 Å². The number of hydrogen-bond donors (Lipinski definition) is 0. The van der Waals surface area contributed by atoms with Gasteiger partial charge in [-0.15, -0.1) is 0 Å². The summed E-state index contributed by atoms with van der Waals surface area (Å²) in [7, 11) is 0. The van der Waals surface area contributed by atoms with Crippen molar-refractivity contribution in [3.8, 4) is 0 Å². The Kier molecular flexibility index (Phi) is 34.9. The molecule has 0 aromatic rings. The number of carboxylic acids is 6. The van der Waals surface area contributed by atoms with Crippen LogP contribution >= 0.6 is 0 Å². The average molecular weight is 394 g/mol. The van der Waals surface area contributed by atoms with Crippen LogP contribution < -0.4 is 30.6 Å². The summed E-state index contributed by atoms with van der Waals surface area (Å²) in [4.78, 5) is 53.6. The first-order valence-corrected chi connectivity index (χ1v) is 3.20. The van der Waals surface area contributed by atoms with Gasteiger partial charge in [0.25, 0.3) is 0 Å². The van der Waals surface area contributed by atoms with Gasteiger partial charge in [0.15, 0.2) is 0 Å². The number of carbonyl (C=O) groups excluding carboxylic acids is 6. The second kappa shape index (κ2) is 20.1. The standard InChI is InChI=1S/3C2H2O4.2Fe.H2O/c3*3-1(4)2(5)6;;;/h3*(H,3,4)(H,5,6);;;1H2/q;;;2*+3;/p-6. The van der Waals surface area contributed by atoms with E-state index in [1.165, 1.54) is 0 Å². The number of carbonyl (C=O) groups is 6. The summed E-state index contributed by atoms with van der Waals surface area (Å²) >= 11 is 0. The van der Waals surface area contributed by atoms with E-state index in [0.717, 1.165) is 0 Å². The maximum atomic E-state index is 8.93. The zero-order valence-corrected chi connectivity index (χ0v) is 11.3. The molecule has 21 heavy (non-hydrogen) atoms. The first kappa shape index (κ1) is 36.4. The molecule has 0 spiro atoms. The summed E-state index contributed by atoms with van der Waals surface area (Å²) in [6.45, 7) is 0. The molecule has 0 bridgehead atoms. The van der Waals surface area contributed by atoms with Gasteiger partial charge in [0.1, 0.15) is 0 Å². The molecule has 0 unspecified atom stereocenters. The van der Waals surface area contributed by atoms with Crippen LogP contribution in [0.4, 0.5) is 0 Å². The van der Waals surface area contributed by atoms with Crippen LogP contribution in [0.25, 0.3) is 0 Å². The largest absolute Gasteiger partial charge is 3.00 e. The summed E-state index contributed by atoms with van der Waals surface area (Å²) in [5, 5.41) is 53.6. The number of hydrogen-bond acceptors (Lipinski definition) is 12. The molecule has 2 N–H and O–H groups in total. The van der Waals surface area contributed by atoms with E-state index in [-0.39, 0.29) is 39.6 Å². The maximum absolute atomic E-state index is 8.93. The van der Waals surface area contributed by atoms with Gasteiger partial charge in [-0.3, -0.25) is 0 Å². The Morgan fingerprint density at radius 2 is 0.429 bits per heavy atom. The number of rotatable bonds is 0. The van der Waals surface area contributed by atoms with Gasteiger partial charge in [0.05, 0.1) is 35.8 Å².